The summed E-state index contributed by atoms with van der Waals surface area (Å²) in [5.74, 6) is -0.668. The van der Waals surface area contributed by atoms with E-state index in [1.807, 2.05) is 50.2 Å². The Morgan fingerprint density at radius 1 is 1.20 bits per heavy atom. The molecular formula is C23H26BNO5. The van der Waals surface area contributed by atoms with Gasteiger partial charge in [0, 0.05) is 5.56 Å². The lowest BCUT2D eigenvalue weighted by Gasteiger charge is -2.22. The van der Waals surface area contributed by atoms with Crippen LogP contribution in [0.2, 0.25) is 0 Å². The number of hydrogen-bond donors (Lipinski definition) is 2. The van der Waals surface area contributed by atoms with E-state index >= 15 is 0 Å². The van der Waals surface area contributed by atoms with E-state index in [1.54, 1.807) is 6.07 Å². The summed E-state index contributed by atoms with van der Waals surface area (Å²) in [5, 5.41) is 13.1. The third-order valence-corrected chi connectivity index (χ3v) is 5.68. The molecule has 0 bridgehead atoms. The molecule has 4 rings (SSSR count). The van der Waals surface area contributed by atoms with Crippen molar-refractivity contribution in [2.24, 2.45) is 5.92 Å². The maximum absolute atomic E-state index is 13.2. The van der Waals surface area contributed by atoms with Gasteiger partial charge in [-0.05, 0) is 52.9 Å². The second kappa shape index (κ2) is 8.62. The van der Waals surface area contributed by atoms with Crippen molar-refractivity contribution >= 4 is 24.5 Å². The van der Waals surface area contributed by atoms with Crippen LogP contribution < -0.4 is 10.8 Å². The quantitative estimate of drug-likeness (QED) is 0.544. The van der Waals surface area contributed by atoms with E-state index in [0.29, 0.717) is 12.2 Å². The molecule has 2 aromatic rings. The molecule has 1 aliphatic heterocycles. The van der Waals surface area contributed by atoms with Crippen molar-refractivity contribution in [1.29, 1.82) is 0 Å². The van der Waals surface area contributed by atoms with Crippen LogP contribution >= 0.6 is 0 Å². The van der Waals surface area contributed by atoms with Crippen LogP contribution in [0.25, 0.3) is 0 Å². The molecule has 2 aliphatic rings. The summed E-state index contributed by atoms with van der Waals surface area (Å²) in [7, 11) is -1.000. The van der Waals surface area contributed by atoms with Crippen molar-refractivity contribution in [3.63, 3.8) is 0 Å². The topological polar surface area (TPSA) is 84.9 Å². The van der Waals surface area contributed by atoms with E-state index in [2.05, 4.69) is 5.32 Å². The largest absolute Gasteiger partial charge is 0.492 e. The van der Waals surface area contributed by atoms with Crippen LogP contribution in [0.4, 0.5) is 0 Å². The van der Waals surface area contributed by atoms with Crippen LogP contribution in [0.3, 0.4) is 0 Å². The van der Waals surface area contributed by atoms with Crippen molar-refractivity contribution in [3.8, 4) is 0 Å². The number of carbonyl (C=O) groups is 2. The third-order valence-electron chi connectivity index (χ3n) is 5.68. The minimum absolute atomic E-state index is 0.134. The fraction of sp³-hybridized carbons (Fsp3) is 0.391. The first-order chi connectivity index (χ1) is 14.5. The van der Waals surface area contributed by atoms with Gasteiger partial charge in [0.25, 0.3) is 5.91 Å². The Balaban J connectivity index is 1.51. The van der Waals surface area contributed by atoms with Gasteiger partial charge in [0.1, 0.15) is 12.6 Å². The smallest absolute Gasteiger partial charge is 0.459 e. The summed E-state index contributed by atoms with van der Waals surface area (Å²) in [6.45, 7) is 4.25. The van der Waals surface area contributed by atoms with Crippen LogP contribution in [0.5, 0.6) is 0 Å². The molecule has 2 aromatic carbocycles. The van der Waals surface area contributed by atoms with Gasteiger partial charge in [0.2, 0.25) is 0 Å². The molecule has 156 valence electrons. The second-order valence-electron chi connectivity index (χ2n) is 8.33. The van der Waals surface area contributed by atoms with E-state index in [-0.39, 0.29) is 24.3 Å². The predicted molar refractivity (Wildman–Crippen MR) is 113 cm³/mol. The highest BCUT2D eigenvalue weighted by molar-refractivity contribution is 6.62. The summed E-state index contributed by atoms with van der Waals surface area (Å²) in [5.41, 5.74) is 3.89. The Hall–Kier alpha value is -2.64. The normalized spacial score (nSPS) is 16.3. The molecule has 0 spiro atoms. The Labute approximate surface area is 176 Å². The number of carbonyl (C=O) groups excluding carboxylic acids is 2. The van der Waals surface area contributed by atoms with E-state index in [0.717, 1.165) is 35.0 Å². The first-order valence-electron chi connectivity index (χ1n) is 10.4. The van der Waals surface area contributed by atoms with E-state index < -0.39 is 19.1 Å². The zero-order chi connectivity index (χ0) is 21.3. The monoisotopic (exact) mass is 407 g/mol. The number of hydrogen-bond acceptors (Lipinski definition) is 5. The van der Waals surface area contributed by atoms with Gasteiger partial charge in [-0.2, -0.15) is 0 Å². The SMILES string of the molecule is CC(C)[C@H](NC(=O)c1ccc2c(c1C1CC1)B(O)OC2)C(=O)OCc1ccccc1. The average Bonchev–Trinajstić information content (AvgIpc) is 3.52. The number of fused-ring (bicyclic) bond motifs is 1. The van der Waals surface area contributed by atoms with Crippen LogP contribution in [0.15, 0.2) is 42.5 Å². The highest BCUT2D eigenvalue weighted by atomic mass is 16.5. The molecule has 7 heteroatoms. The molecular weight excluding hydrogens is 381 g/mol. The molecule has 0 radical (unpaired) electrons. The number of rotatable bonds is 7. The number of esters is 1. The molecule has 1 atom stereocenters. The Morgan fingerprint density at radius 3 is 2.60 bits per heavy atom. The van der Waals surface area contributed by atoms with Crippen LogP contribution in [0.1, 0.15) is 59.7 Å². The number of nitrogens with one attached hydrogen (secondary N) is 1. The van der Waals surface area contributed by atoms with E-state index in [4.69, 9.17) is 9.39 Å². The van der Waals surface area contributed by atoms with Gasteiger partial charge in [-0.15, -0.1) is 0 Å². The molecule has 0 aromatic heterocycles. The lowest BCUT2D eigenvalue weighted by atomic mass is 9.73. The number of benzene rings is 2. The minimum atomic E-state index is -1.000. The standard InChI is InChI=1S/C23H26BNO5/c1-14(2)21(23(27)29-12-15-6-4-3-5-7-15)25-22(26)18-11-10-17-13-30-24(28)20(17)19(18)16-8-9-16/h3-7,10-11,14,16,21,28H,8-9,12-13H2,1-2H3,(H,25,26)/t21-/m0/s1. The third kappa shape index (κ3) is 4.27. The van der Waals surface area contributed by atoms with Crippen molar-refractivity contribution in [2.75, 3.05) is 0 Å². The number of ether oxygens (including phenoxy) is 1. The van der Waals surface area contributed by atoms with Crippen molar-refractivity contribution in [3.05, 3.63) is 64.7 Å². The maximum atomic E-state index is 13.2. The van der Waals surface area contributed by atoms with Crippen molar-refractivity contribution in [1.82, 2.24) is 5.32 Å². The Morgan fingerprint density at radius 2 is 1.93 bits per heavy atom. The summed E-state index contributed by atoms with van der Waals surface area (Å²) in [6, 6.07) is 12.3. The van der Waals surface area contributed by atoms with Crippen LogP contribution in [0, 0.1) is 5.92 Å². The fourth-order valence-electron chi connectivity index (χ4n) is 3.90. The molecule has 0 saturated heterocycles. The molecule has 0 unspecified atom stereocenters. The van der Waals surface area contributed by atoms with Gasteiger partial charge >= 0.3 is 13.1 Å². The van der Waals surface area contributed by atoms with E-state index in [1.165, 1.54) is 0 Å². The molecule has 1 amide bonds. The molecule has 1 saturated carbocycles. The lowest BCUT2D eigenvalue weighted by Crippen LogP contribution is -2.46. The highest BCUT2D eigenvalue weighted by Crippen LogP contribution is 2.42. The Bertz CT molecular complexity index is 942. The second-order valence-corrected chi connectivity index (χ2v) is 8.33. The lowest BCUT2D eigenvalue weighted by molar-refractivity contribution is -0.148. The number of amides is 1. The van der Waals surface area contributed by atoms with Gasteiger partial charge in [-0.3, -0.25) is 4.79 Å². The maximum Gasteiger partial charge on any atom is 0.492 e. The van der Waals surface area contributed by atoms with Crippen LogP contribution in [-0.4, -0.2) is 30.1 Å². The molecule has 2 N–H and O–H groups in total. The fourth-order valence-corrected chi connectivity index (χ4v) is 3.90. The van der Waals surface area contributed by atoms with Gasteiger partial charge in [-0.25, -0.2) is 4.79 Å². The Kier molecular flexibility index (Phi) is 5.93. The van der Waals surface area contributed by atoms with Crippen LogP contribution in [-0.2, 0) is 27.4 Å². The van der Waals surface area contributed by atoms with Gasteiger partial charge in [0.05, 0.1) is 6.61 Å². The summed E-state index contributed by atoms with van der Waals surface area (Å²) < 4.78 is 10.8. The molecule has 30 heavy (non-hydrogen) atoms. The average molecular weight is 407 g/mol. The van der Waals surface area contributed by atoms with Gasteiger partial charge in [0.15, 0.2) is 0 Å². The van der Waals surface area contributed by atoms with Crippen molar-refractivity contribution < 1.29 is 24.0 Å². The summed E-state index contributed by atoms with van der Waals surface area (Å²) >= 11 is 0. The van der Waals surface area contributed by atoms with Gasteiger partial charge < -0.3 is 19.7 Å². The minimum Gasteiger partial charge on any atom is -0.459 e. The van der Waals surface area contributed by atoms with E-state index in [9.17, 15) is 14.6 Å². The molecule has 1 aliphatic carbocycles. The van der Waals surface area contributed by atoms with Crippen molar-refractivity contribution in [2.45, 2.75) is 51.9 Å². The predicted octanol–water partition coefficient (Wildman–Crippen LogP) is 2.28. The zero-order valence-corrected chi connectivity index (χ0v) is 17.3. The first-order valence-corrected chi connectivity index (χ1v) is 10.4. The molecule has 1 heterocycles. The summed E-state index contributed by atoms with van der Waals surface area (Å²) in [6.07, 6.45) is 1.96. The molecule has 1 fully saturated rings. The first kappa shape index (κ1) is 20.6. The summed E-state index contributed by atoms with van der Waals surface area (Å²) in [4.78, 5) is 25.9. The molecule has 6 nitrogen and oxygen atoms in total. The highest BCUT2D eigenvalue weighted by Gasteiger charge is 2.39. The zero-order valence-electron chi connectivity index (χ0n) is 17.3. The van der Waals surface area contributed by atoms with Gasteiger partial charge in [-0.1, -0.05) is 50.2 Å².